The molecule has 0 aliphatic carbocycles. The summed E-state index contributed by atoms with van der Waals surface area (Å²) in [6.45, 7) is 2.21. The Labute approximate surface area is 90.8 Å². The average molecular weight is 232 g/mol. The van der Waals surface area contributed by atoms with Crippen LogP contribution in [0.2, 0.25) is 0 Å². The third kappa shape index (κ3) is 2.44. The van der Waals surface area contributed by atoms with Crippen molar-refractivity contribution >= 4 is 5.82 Å². The van der Waals surface area contributed by atoms with Crippen molar-refractivity contribution in [3.8, 4) is 0 Å². The summed E-state index contributed by atoms with van der Waals surface area (Å²) < 4.78 is 42.4. The van der Waals surface area contributed by atoms with Gasteiger partial charge in [0.25, 0.3) is 0 Å². The Morgan fingerprint density at radius 1 is 1.19 bits per heavy atom. The number of pyridine rings is 1. The van der Waals surface area contributed by atoms with Crippen LogP contribution in [0.4, 0.5) is 19.0 Å². The van der Waals surface area contributed by atoms with Crippen molar-refractivity contribution in [1.82, 2.24) is 4.98 Å². The van der Waals surface area contributed by atoms with Crippen LogP contribution >= 0.6 is 0 Å². The maximum absolute atomic E-state index is 12.4. The van der Waals surface area contributed by atoms with E-state index < -0.39 is 11.9 Å². The Kier molecular flexibility index (Phi) is 3.00. The zero-order valence-electron chi connectivity index (χ0n) is 8.50. The standard InChI is InChI=1S/C10H11F3N2O/c11-10(12,13)8-2-1-3-9(14-8)15-4-6-16-7-5-15/h1-3H,4-7H2. The van der Waals surface area contributed by atoms with E-state index in [1.807, 2.05) is 0 Å². The van der Waals surface area contributed by atoms with Crippen molar-refractivity contribution in [3.05, 3.63) is 23.9 Å². The molecule has 0 saturated carbocycles. The Balaban J connectivity index is 2.21. The van der Waals surface area contributed by atoms with Crippen molar-refractivity contribution < 1.29 is 17.9 Å². The third-order valence-corrected chi connectivity index (χ3v) is 2.36. The number of halogens is 3. The predicted octanol–water partition coefficient (Wildman–Crippen LogP) is 1.94. The summed E-state index contributed by atoms with van der Waals surface area (Å²) in [5.74, 6) is 0.359. The molecule has 1 aliphatic rings. The lowest BCUT2D eigenvalue weighted by molar-refractivity contribution is -0.141. The van der Waals surface area contributed by atoms with E-state index in [1.54, 1.807) is 11.0 Å². The largest absolute Gasteiger partial charge is 0.433 e. The lowest BCUT2D eigenvalue weighted by Crippen LogP contribution is -2.37. The molecular weight excluding hydrogens is 221 g/mol. The fourth-order valence-corrected chi connectivity index (χ4v) is 1.55. The van der Waals surface area contributed by atoms with Crippen LogP contribution in [0.15, 0.2) is 18.2 Å². The fourth-order valence-electron chi connectivity index (χ4n) is 1.55. The number of hydrogen-bond acceptors (Lipinski definition) is 3. The van der Waals surface area contributed by atoms with Gasteiger partial charge in [0.1, 0.15) is 11.5 Å². The third-order valence-electron chi connectivity index (χ3n) is 2.36. The average Bonchev–Trinajstić information content (AvgIpc) is 2.29. The Morgan fingerprint density at radius 3 is 2.50 bits per heavy atom. The van der Waals surface area contributed by atoms with Crippen LogP contribution in [0.5, 0.6) is 0 Å². The minimum absolute atomic E-state index is 0.359. The molecule has 1 aliphatic heterocycles. The minimum Gasteiger partial charge on any atom is -0.378 e. The van der Waals surface area contributed by atoms with E-state index in [0.29, 0.717) is 32.1 Å². The zero-order chi connectivity index (χ0) is 11.6. The van der Waals surface area contributed by atoms with E-state index in [0.717, 1.165) is 6.07 Å². The van der Waals surface area contributed by atoms with Gasteiger partial charge in [0, 0.05) is 13.1 Å². The van der Waals surface area contributed by atoms with E-state index in [2.05, 4.69) is 4.98 Å². The van der Waals surface area contributed by atoms with Gasteiger partial charge in [0.15, 0.2) is 0 Å². The summed E-state index contributed by atoms with van der Waals surface area (Å²) in [5.41, 5.74) is -0.850. The first-order chi connectivity index (χ1) is 7.57. The fraction of sp³-hybridized carbons (Fsp3) is 0.500. The SMILES string of the molecule is FC(F)(F)c1cccc(N2CCOCC2)n1. The van der Waals surface area contributed by atoms with Gasteiger partial charge >= 0.3 is 6.18 Å². The van der Waals surface area contributed by atoms with Crippen molar-refractivity contribution in [1.29, 1.82) is 0 Å². The van der Waals surface area contributed by atoms with E-state index >= 15 is 0 Å². The van der Waals surface area contributed by atoms with Crippen LogP contribution in [-0.2, 0) is 10.9 Å². The predicted molar refractivity (Wildman–Crippen MR) is 52.3 cm³/mol. The molecule has 0 spiro atoms. The van der Waals surface area contributed by atoms with Crippen LogP contribution in [-0.4, -0.2) is 31.3 Å². The highest BCUT2D eigenvalue weighted by molar-refractivity contribution is 5.40. The number of anilines is 1. The molecule has 2 rings (SSSR count). The number of nitrogens with zero attached hydrogens (tertiary/aromatic N) is 2. The first kappa shape index (κ1) is 11.2. The Hall–Kier alpha value is -1.30. The van der Waals surface area contributed by atoms with Gasteiger partial charge < -0.3 is 9.64 Å². The van der Waals surface area contributed by atoms with Crippen molar-refractivity contribution in [2.75, 3.05) is 31.2 Å². The zero-order valence-corrected chi connectivity index (χ0v) is 8.50. The van der Waals surface area contributed by atoms with Crippen molar-refractivity contribution in [2.24, 2.45) is 0 Å². The number of aromatic nitrogens is 1. The Morgan fingerprint density at radius 2 is 1.88 bits per heavy atom. The molecule has 0 aromatic carbocycles. The molecule has 0 bridgehead atoms. The lowest BCUT2D eigenvalue weighted by atomic mass is 10.3. The molecule has 1 aromatic rings. The molecular formula is C10H11F3N2O. The lowest BCUT2D eigenvalue weighted by Gasteiger charge is -2.28. The maximum atomic E-state index is 12.4. The van der Waals surface area contributed by atoms with Crippen molar-refractivity contribution in [2.45, 2.75) is 6.18 Å². The van der Waals surface area contributed by atoms with Gasteiger partial charge in [-0.1, -0.05) is 6.07 Å². The van der Waals surface area contributed by atoms with Gasteiger partial charge in [0.05, 0.1) is 13.2 Å². The summed E-state index contributed by atoms with van der Waals surface area (Å²) in [5, 5.41) is 0. The summed E-state index contributed by atoms with van der Waals surface area (Å²) >= 11 is 0. The number of rotatable bonds is 1. The van der Waals surface area contributed by atoms with Gasteiger partial charge in [-0.15, -0.1) is 0 Å². The first-order valence-electron chi connectivity index (χ1n) is 4.94. The molecule has 0 unspecified atom stereocenters. The molecule has 2 heterocycles. The molecule has 0 radical (unpaired) electrons. The summed E-state index contributed by atoms with van der Waals surface area (Å²) in [6.07, 6.45) is -4.39. The molecule has 0 atom stereocenters. The van der Waals surface area contributed by atoms with E-state index in [9.17, 15) is 13.2 Å². The molecule has 1 saturated heterocycles. The highest BCUT2D eigenvalue weighted by Crippen LogP contribution is 2.28. The van der Waals surface area contributed by atoms with Crippen LogP contribution in [0.25, 0.3) is 0 Å². The smallest absolute Gasteiger partial charge is 0.378 e. The maximum Gasteiger partial charge on any atom is 0.433 e. The molecule has 1 fully saturated rings. The topological polar surface area (TPSA) is 25.4 Å². The molecule has 0 N–H and O–H groups in total. The number of ether oxygens (including phenoxy) is 1. The van der Waals surface area contributed by atoms with E-state index in [4.69, 9.17) is 4.74 Å². The first-order valence-corrected chi connectivity index (χ1v) is 4.94. The number of hydrogen-bond donors (Lipinski definition) is 0. The Bertz CT molecular complexity index is 361. The molecule has 88 valence electrons. The summed E-state index contributed by atoms with van der Waals surface area (Å²) in [4.78, 5) is 5.40. The summed E-state index contributed by atoms with van der Waals surface area (Å²) in [6, 6.07) is 3.94. The van der Waals surface area contributed by atoms with Gasteiger partial charge in [-0.2, -0.15) is 13.2 Å². The molecule has 1 aromatic heterocycles. The van der Waals surface area contributed by atoms with Crippen LogP contribution in [0.3, 0.4) is 0 Å². The molecule has 16 heavy (non-hydrogen) atoms. The van der Waals surface area contributed by atoms with Crippen LogP contribution in [0, 0.1) is 0 Å². The quantitative estimate of drug-likeness (QED) is 0.739. The van der Waals surface area contributed by atoms with Gasteiger partial charge in [-0.25, -0.2) is 4.98 Å². The molecule has 0 amide bonds. The monoisotopic (exact) mass is 232 g/mol. The van der Waals surface area contributed by atoms with Gasteiger partial charge in [-0.3, -0.25) is 0 Å². The van der Waals surface area contributed by atoms with E-state index in [-0.39, 0.29) is 0 Å². The highest BCUT2D eigenvalue weighted by Gasteiger charge is 2.32. The van der Waals surface area contributed by atoms with Gasteiger partial charge in [-0.05, 0) is 12.1 Å². The molecule has 6 heteroatoms. The number of alkyl halides is 3. The van der Waals surface area contributed by atoms with Crippen molar-refractivity contribution in [3.63, 3.8) is 0 Å². The second-order valence-corrected chi connectivity index (χ2v) is 3.48. The molecule has 3 nitrogen and oxygen atoms in total. The second-order valence-electron chi connectivity index (χ2n) is 3.48. The van der Waals surface area contributed by atoms with E-state index in [1.165, 1.54) is 6.07 Å². The highest BCUT2D eigenvalue weighted by atomic mass is 19.4. The normalized spacial score (nSPS) is 17.6. The minimum atomic E-state index is -4.39. The number of morpholine rings is 1. The summed E-state index contributed by atoms with van der Waals surface area (Å²) in [7, 11) is 0. The van der Waals surface area contributed by atoms with Crippen LogP contribution < -0.4 is 4.90 Å². The van der Waals surface area contributed by atoms with Crippen LogP contribution in [0.1, 0.15) is 5.69 Å². The second kappa shape index (κ2) is 4.29. The van der Waals surface area contributed by atoms with Gasteiger partial charge in [0.2, 0.25) is 0 Å².